The third-order valence-corrected chi connectivity index (χ3v) is 2.25. The molecule has 0 radical (unpaired) electrons. The molecule has 4 heteroatoms. The monoisotopic (exact) mass is 238 g/mol. The molecule has 0 saturated heterocycles. The second-order valence-corrected chi connectivity index (χ2v) is 3.26. The summed E-state index contributed by atoms with van der Waals surface area (Å²) in [7, 11) is 4.71. The van der Waals surface area contributed by atoms with Gasteiger partial charge in [0.2, 0.25) is 11.5 Å². The van der Waals surface area contributed by atoms with Gasteiger partial charge in [-0.3, -0.25) is 0 Å². The lowest BCUT2D eigenvalue weighted by atomic mass is 10.2. The molecule has 1 aromatic carbocycles. The van der Waals surface area contributed by atoms with Crippen molar-refractivity contribution in [2.45, 2.75) is 6.42 Å². The van der Waals surface area contributed by atoms with Crippen molar-refractivity contribution in [2.75, 3.05) is 27.9 Å². The van der Waals surface area contributed by atoms with Crippen LogP contribution in [0, 0.1) is 0 Å². The van der Waals surface area contributed by atoms with Gasteiger partial charge in [0.05, 0.1) is 27.9 Å². The molecule has 17 heavy (non-hydrogen) atoms. The second-order valence-electron chi connectivity index (χ2n) is 3.26. The van der Waals surface area contributed by atoms with Gasteiger partial charge in [0, 0.05) is 0 Å². The first-order valence-electron chi connectivity index (χ1n) is 5.31. The molecule has 0 N–H and O–H groups in total. The molecule has 1 rings (SSSR count). The van der Waals surface area contributed by atoms with E-state index in [-0.39, 0.29) is 0 Å². The van der Waals surface area contributed by atoms with Crippen molar-refractivity contribution >= 4 is 0 Å². The Morgan fingerprint density at radius 2 is 1.59 bits per heavy atom. The number of hydrogen-bond acceptors (Lipinski definition) is 4. The zero-order valence-electron chi connectivity index (χ0n) is 10.5. The first kappa shape index (κ1) is 13.2. The fourth-order valence-electron chi connectivity index (χ4n) is 1.44. The molecule has 0 aliphatic carbocycles. The lowest BCUT2D eigenvalue weighted by Gasteiger charge is -2.15. The van der Waals surface area contributed by atoms with Crippen LogP contribution in [0.1, 0.15) is 6.42 Å². The number of hydrogen-bond donors (Lipinski definition) is 0. The highest BCUT2D eigenvalue weighted by Crippen LogP contribution is 2.43. The quantitative estimate of drug-likeness (QED) is 0.540. The number of rotatable bonds is 7. The molecule has 0 unspecified atom stereocenters. The normalized spacial score (nSPS) is 9.59. The fraction of sp³-hybridized carbons (Fsp3) is 0.385. The molecule has 94 valence electrons. The topological polar surface area (TPSA) is 36.9 Å². The average Bonchev–Trinajstić information content (AvgIpc) is 2.38. The van der Waals surface area contributed by atoms with Gasteiger partial charge in [0.25, 0.3) is 0 Å². The Hall–Kier alpha value is -1.84. The average molecular weight is 238 g/mol. The Balaban J connectivity index is 3.00. The van der Waals surface area contributed by atoms with Gasteiger partial charge in [0.15, 0.2) is 11.5 Å². The van der Waals surface area contributed by atoms with Crippen LogP contribution in [0.15, 0.2) is 24.8 Å². The summed E-state index contributed by atoms with van der Waals surface area (Å²) in [6.45, 7) is 4.19. The Morgan fingerprint density at radius 3 is 2.12 bits per heavy atom. The van der Waals surface area contributed by atoms with Crippen LogP contribution in [-0.4, -0.2) is 27.9 Å². The molecule has 0 heterocycles. The van der Waals surface area contributed by atoms with E-state index in [1.807, 2.05) is 0 Å². The van der Waals surface area contributed by atoms with Crippen LogP contribution < -0.4 is 18.9 Å². The van der Waals surface area contributed by atoms with Gasteiger partial charge in [-0.25, -0.2) is 0 Å². The highest BCUT2D eigenvalue weighted by atomic mass is 16.5. The molecular weight excluding hydrogens is 220 g/mol. The molecule has 0 atom stereocenters. The van der Waals surface area contributed by atoms with Crippen LogP contribution in [0.4, 0.5) is 0 Å². The van der Waals surface area contributed by atoms with E-state index in [1.165, 1.54) is 0 Å². The SMILES string of the molecule is C=CCCOc1ccc(OC)c(OC)c1OC. The molecule has 0 aliphatic rings. The van der Waals surface area contributed by atoms with E-state index in [2.05, 4.69) is 6.58 Å². The molecular formula is C13H18O4. The zero-order chi connectivity index (χ0) is 12.7. The molecule has 0 aliphatic heterocycles. The summed E-state index contributed by atoms with van der Waals surface area (Å²) in [5.41, 5.74) is 0. The number of methoxy groups -OCH3 is 3. The maximum Gasteiger partial charge on any atom is 0.207 e. The molecule has 4 nitrogen and oxygen atoms in total. The van der Waals surface area contributed by atoms with Gasteiger partial charge >= 0.3 is 0 Å². The molecule has 0 aromatic heterocycles. The van der Waals surface area contributed by atoms with E-state index in [4.69, 9.17) is 18.9 Å². The van der Waals surface area contributed by atoms with Gasteiger partial charge in [-0.1, -0.05) is 6.08 Å². The Kier molecular flexibility index (Phi) is 5.20. The summed E-state index contributed by atoms with van der Waals surface area (Å²) in [5.74, 6) is 2.31. The first-order valence-corrected chi connectivity index (χ1v) is 5.31. The highest BCUT2D eigenvalue weighted by molar-refractivity contribution is 5.58. The van der Waals surface area contributed by atoms with Crippen molar-refractivity contribution in [1.29, 1.82) is 0 Å². The lowest BCUT2D eigenvalue weighted by molar-refractivity contribution is 0.280. The predicted molar refractivity (Wildman–Crippen MR) is 66.4 cm³/mol. The summed E-state index contributed by atoms with van der Waals surface area (Å²) < 4.78 is 21.3. The van der Waals surface area contributed by atoms with E-state index in [0.717, 1.165) is 6.42 Å². The first-order chi connectivity index (χ1) is 8.28. The highest BCUT2D eigenvalue weighted by Gasteiger charge is 2.16. The number of ether oxygens (including phenoxy) is 4. The van der Waals surface area contributed by atoms with Gasteiger partial charge in [-0.2, -0.15) is 0 Å². The summed E-state index contributed by atoms with van der Waals surface area (Å²) in [6.07, 6.45) is 2.57. The van der Waals surface area contributed by atoms with Gasteiger partial charge in [-0.15, -0.1) is 6.58 Å². The van der Waals surface area contributed by atoms with Crippen LogP contribution in [0.5, 0.6) is 23.0 Å². The maximum absolute atomic E-state index is 5.58. The van der Waals surface area contributed by atoms with Crippen LogP contribution in [0.3, 0.4) is 0 Å². The maximum atomic E-state index is 5.58. The Labute approximate surface area is 102 Å². The molecule has 0 spiro atoms. The minimum atomic E-state index is 0.533. The fourth-order valence-corrected chi connectivity index (χ4v) is 1.44. The van der Waals surface area contributed by atoms with E-state index >= 15 is 0 Å². The zero-order valence-corrected chi connectivity index (χ0v) is 10.5. The Bertz CT molecular complexity index is 374. The van der Waals surface area contributed by atoms with E-state index in [9.17, 15) is 0 Å². The third-order valence-electron chi connectivity index (χ3n) is 2.25. The minimum Gasteiger partial charge on any atom is -0.493 e. The van der Waals surface area contributed by atoms with Crippen molar-refractivity contribution in [3.8, 4) is 23.0 Å². The summed E-state index contributed by atoms with van der Waals surface area (Å²) >= 11 is 0. The van der Waals surface area contributed by atoms with Crippen LogP contribution in [-0.2, 0) is 0 Å². The third kappa shape index (κ3) is 3.06. The van der Waals surface area contributed by atoms with Crippen molar-refractivity contribution < 1.29 is 18.9 Å². The minimum absolute atomic E-state index is 0.533. The van der Waals surface area contributed by atoms with Crippen LogP contribution in [0.2, 0.25) is 0 Å². The molecule has 1 aromatic rings. The van der Waals surface area contributed by atoms with Crippen LogP contribution >= 0.6 is 0 Å². The predicted octanol–water partition coefficient (Wildman–Crippen LogP) is 2.67. The number of benzene rings is 1. The molecule has 0 amide bonds. The largest absolute Gasteiger partial charge is 0.493 e. The molecule has 0 bridgehead atoms. The molecule has 0 saturated carbocycles. The second kappa shape index (κ2) is 6.68. The summed E-state index contributed by atoms with van der Waals surface area (Å²) in [4.78, 5) is 0. The van der Waals surface area contributed by atoms with Gasteiger partial charge < -0.3 is 18.9 Å². The molecule has 0 fully saturated rings. The lowest BCUT2D eigenvalue weighted by Crippen LogP contribution is -2.01. The standard InChI is InChI=1S/C13H18O4/c1-5-6-9-17-11-8-7-10(14-2)12(15-3)13(11)16-4/h5,7-8H,1,6,9H2,2-4H3. The Morgan fingerprint density at radius 1 is 1.00 bits per heavy atom. The van der Waals surface area contributed by atoms with Crippen LogP contribution in [0.25, 0.3) is 0 Å². The summed E-state index contributed by atoms with van der Waals surface area (Å²) in [6, 6.07) is 3.58. The van der Waals surface area contributed by atoms with Crippen molar-refractivity contribution in [3.05, 3.63) is 24.8 Å². The van der Waals surface area contributed by atoms with Crippen molar-refractivity contribution in [3.63, 3.8) is 0 Å². The van der Waals surface area contributed by atoms with Gasteiger partial charge in [0.1, 0.15) is 0 Å². The van der Waals surface area contributed by atoms with E-state index < -0.39 is 0 Å². The van der Waals surface area contributed by atoms with Crippen molar-refractivity contribution in [2.24, 2.45) is 0 Å². The van der Waals surface area contributed by atoms with E-state index in [0.29, 0.717) is 29.6 Å². The summed E-state index contributed by atoms with van der Waals surface area (Å²) in [5, 5.41) is 0. The van der Waals surface area contributed by atoms with Crippen molar-refractivity contribution in [1.82, 2.24) is 0 Å². The smallest absolute Gasteiger partial charge is 0.207 e. The van der Waals surface area contributed by atoms with Gasteiger partial charge in [-0.05, 0) is 18.6 Å². The van der Waals surface area contributed by atoms with E-state index in [1.54, 1.807) is 39.5 Å².